The molecule has 0 radical (unpaired) electrons. The second-order valence-electron chi connectivity index (χ2n) is 5.78. The Bertz CT molecular complexity index is 748. The summed E-state index contributed by atoms with van der Waals surface area (Å²) in [6.07, 6.45) is 0.746. The highest BCUT2D eigenvalue weighted by molar-refractivity contribution is 8.00. The number of aromatic hydroxyl groups is 1. The Morgan fingerprint density at radius 2 is 1.84 bits per heavy atom. The maximum atomic E-state index is 12.3. The van der Waals surface area contributed by atoms with Gasteiger partial charge >= 0.3 is 0 Å². The molecule has 0 bridgehead atoms. The van der Waals surface area contributed by atoms with E-state index in [-0.39, 0.29) is 17.0 Å². The van der Waals surface area contributed by atoms with Crippen molar-refractivity contribution in [1.82, 2.24) is 4.90 Å². The van der Waals surface area contributed by atoms with Crippen LogP contribution in [0.1, 0.15) is 16.5 Å². The van der Waals surface area contributed by atoms with Crippen LogP contribution in [0.15, 0.2) is 42.5 Å². The molecule has 1 amide bonds. The molecule has 2 aromatic rings. The molecule has 1 unspecified atom stereocenters. The number of carbonyl (C=O) groups excluding carboxylic acids is 1. The van der Waals surface area contributed by atoms with Crippen LogP contribution in [-0.4, -0.2) is 42.4 Å². The molecule has 0 aliphatic carbocycles. The smallest absolute Gasteiger partial charge is 0.233 e. The van der Waals surface area contributed by atoms with E-state index in [9.17, 15) is 9.90 Å². The number of benzene rings is 2. The van der Waals surface area contributed by atoms with Gasteiger partial charge in [0.05, 0.1) is 20.0 Å². The Morgan fingerprint density at radius 1 is 1.12 bits per heavy atom. The zero-order chi connectivity index (χ0) is 17.8. The number of rotatable bonds is 6. The van der Waals surface area contributed by atoms with Crippen molar-refractivity contribution in [2.45, 2.75) is 11.8 Å². The van der Waals surface area contributed by atoms with Crippen LogP contribution >= 0.6 is 11.8 Å². The molecule has 1 heterocycles. The van der Waals surface area contributed by atoms with E-state index in [4.69, 9.17) is 9.47 Å². The summed E-state index contributed by atoms with van der Waals surface area (Å²) in [6.45, 7) is 0.635. The lowest BCUT2D eigenvalue weighted by molar-refractivity contribution is -0.128. The number of hydrogen-bond donors (Lipinski definition) is 1. The summed E-state index contributed by atoms with van der Waals surface area (Å²) in [5.41, 5.74) is 2.12. The average Bonchev–Trinajstić information content (AvgIpc) is 3.01. The van der Waals surface area contributed by atoms with Crippen LogP contribution in [0, 0.1) is 0 Å². The Labute approximate surface area is 151 Å². The summed E-state index contributed by atoms with van der Waals surface area (Å²) < 4.78 is 10.7. The third-order valence-corrected chi connectivity index (χ3v) is 5.49. The maximum absolute atomic E-state index is 12.3. The van der Waals surface area contributed by atoms with Gasteiger partial charge in [-0.25, -0.2) is 0 Å². The SMILES string of the molecule is COc1ccc(C2SCC(=O)N2CCc2ccc(O)cc2)cc1OC. The molecular formula is C19H21NO4S. The highest BCUT2D eigenvalue weighted by atomic mass is 32.2. The van der Waals surface area contributed by atoms with E-state index in [1.807, 2.05) is 35.2 Å². The predicted molar refractivity (Wildman–Crippen MR) is 98.3 cm³/mol. The van der Waals surface area contributed by atoms with E-state index < -0.39 is 0 Å². The molecule has 25 heavy (non-hydrogen) atoms. The number of amides is 1. The summed E-state index contributed by atoms with van der Waals surface area (Å²) >= 11 is 1.62. The van der Waals surface area contributed by atoms with E-state index in [1.165, 1.54) is 0 Å². The summed E-state index contributed by atoms with van der Waals surface area (Å²) in [5.74, 6) is 2.21. The molecular weight excluding hydrogens is 338 g/mol. The van der Waals surface area contributed by atoms with Crippen LogP contribution in [-0.2, 0) is 11.2 Å². The van der Waals surface area contributed by atoms with Crippen molar-refractivity contribution in [2.24, 2.45) is 0 Å². The Kier molecular flexibility index (Phi) is 5.38. The summed E-state index contributed by atoms with van der Waals surface area (Å²) in [4.78, 5) is 14.2. The summed E-state index contributed by atoms with van der Waals surface area (Å²) in [5, 5.41) is 9.35. The third-order valence-electron chi connectivity index (χ3n) is 4.24. The van der Waals surface area contributed by atoms with Gasteiger partial charge in [0.1, 0.15) is 11.1 Å². The van der Waals surface area contributed by atoms with Gasteiger partial charge in [0.25, 0.3) is 0 Å². The molecule has 1 aliphatic rings. The first kappa shape index (κ1) is 17.5. The third kappa shape index (κ3) is 3.85. The van der Waals surface area contributed by atoms with Crippen molar-refractivity contribution in [3.8, 4) is 17.2 Å². The van der Waals surface area contributed by atoms with E-state index >= 15 is 0 Å². The minimum absolute atomic E-state index is 0.0237. The lowest BCUT2D eigenvalue weighted by Crippen LogP contribution is -2.30. The minimum Gasteiger partial charge on any atom is -0.508 e. The van der Waals surface area contributed by atoms with Gasteiger partial charge in [-0.2, -0.15) is 0 Å². The van der Waals surface area contributed by atoms with E-state index in [0.29, 0.717) is 23.8 Å². The fourth-order valence-corrected chi connectivity index (χ4v) is 4.10. The molecule has 1 aliphatic heterocycles. The van der Waals surface area contributed by atoms with Gasteiger partial charge in [0.2, 0.25) is 5.91 Å². The van der Waals surface area contributed by atoms with Crippen molar-refractivity contribution in [3.63, 3.8) is 0 Å². The molecule has 1 fully saturated rings. The maximum Gasteiger partial charge on any atom is 0.233 e. The second-order valence-corrected chi connectivity index (χ2v) is 6.85. The number of hydrogen-bond acceptors (Lipinski definition) is 5. The standard InChI is InChI=1S/C19H21NO4S/c1-23-16-8-5-14(11-17(16)24-2)19-20(18(22)12-25-19)10-9-13-3-6-15(21)7-4-13/h3-8,11,19,21H,9-10,12H2,1-2H3. The average molecular weight is 359 g/mol. The molecule has 6 heteroatoms. The number of nitrogens with zero attached hydrogens (tertiary/aromatic N) is 1. The van der Waals surface area contributed by atoms with Crippen LogP contribution < -0.4 is 9.47 Å². The minimum atomic E-state index is -0.0237. The van der Waals surface area contributed by atoms with Crippen molar-refractivity contribution in [3.05, 3.63) is 53.6 Å². The lowest BCUT2D eigenvalue weighted by atomic mass is 10.1. The molecule has 1 saturated heterocycles. The fraction of sp³-hybridized carbons (Fsp3) is 0.316. The largest absolute Gasteiger partial charge is 0.508 e. The number of ether oxygens (including phenoxy) is 2. The molecule has 5 nitrogen and oxygen atoms in total. The van der Waals surface area contributed by atoms with E-state index in [1.54, 1.807) is 38.1 Å². The fourth-order valence-electron chi connectivity index (χ4n) is 2.89. The topological polar surface area (TPSA) is 59.0 Å². The number of thioether (sulfide) groups is 1. The number of carbonyl (C=O) groups is 1. The van der Waals surface area contributed by atoms with Crippen LogP contribution in [0.5, 0.6) is 17.2 Å². The van der Waals surface area contributed by atoms with Gasteiger partial charge in [0, 0.05) is 6.54 Å². The van der Waals surface area contributed by atoms with Crippen LogP contribution in [0.2, 0.25) is 0 Å². The first-order chi connectivity index (χ1) is 12.1. The van der Waals surface area contributed by atoms with Crippen LogP contribution in [0.4, 0.5) is 0 Å². The van der Waals surface area contributed by atoms with Gasteiger partial charge in [0.15, 0.2) is 11.5 Å². The first-order valence-electron chi connectivity index (χ1n) is 8.03. The van der Waals surface area contributed by atoms with Gasteiger partial charge in [-0.1, -0.05) is 18.2 Å². The zero-order valence-electron chi connectivity index (χ0n) is 14.3. The van der Waals surface area contributed by atoms with Crippen molar-refractivity contribution < 1.29 is 19.4 Å². The van der Waals surface area contributed by atoms with E-state index in [2.05, 4.69) is 0 Å². The molecule has 0 spiro atoms. The highest BCUT2D eigenvalue weighted by Gasteiger charge is 2.32. The van der Waals surface area contributed by atoms with Crippen molar-refractivity contribution in [2.75, 3.05) is 26.5 Å². The normalized spacial score (nSPS) is 17.0. The molecule has 0 aromatic heterocycles. The van der Waals surface area contributed by atoms with Crippen LogP contribution in [0.3, 0.4) is 0 Å². The Hall–Kier alpha value is -2.34. The lowest BCUT2D eigenvalue weighted by Gasteiger charge is -2.25. The number of methoxy groups -OCH3 is 2. The quantitative estimate of drug-likeness (QED) is 0.858. The molecule has 2 aromatic carbocycles. The van der Waals surface area contributed by atoms with Gasteiger partial charge in [-0.3, -0.25) is 4.79 Å². The van der Waals surface area contributed by atoms with Gasteiger partial charge < -0.3 is 19.5 Å². The molecule has 1 atom stereocenters. The zero-order valence-corrected chi connectivity index (χ0v) is 15.1. The molecule has 1 N–H and O–H groups in total. The molecule has 0 saturated carbocycles. The first-order valence-corrected chi connectivity index (χ1v) is 9.08. The molecule has 3 rings (SSSR count). The Balaban J connectivity index is 1.76. The van der Waals surface area contributed by atoms with Gasteiger partial charge in [-0.05, 0) is 41.8 Å². The Morgan fingerprint density at radius 3 is 2.52 bits per heavy atom. The molecule has 132 valence electrons. The predicted octanol–water partition coefficient (Wildman–Crippen LogP) is 3.23. The number of phenols is 1. The summed E-state index contributed by atoms with van der Waals surface area (Å²) in [6, 6.07) is 12.9. The monoisotopic (exact) mass is 359 g/mol. The number of phenolic OH excluding ortho intramolecular Hbond substituents is 1. The van der Waals surface area contributed by atoms with Crippen molar-refractivity contribution in [1.29, 1.82) is 0 Å². The van der Waals surface area contributed by atoms with Crippen LogP contribution in [0.25, 0.3) is 0 Å². The van der Waals surface area contributed by atoms with Crippen molar-refractivity contribution >= 4 is 17.7 Å². The second kappa shape index (κ2) is 7.70. The summed E-state index contributed by atoms with van der Waals surface area (Å²) in [7, 11) is 3.21. The van der Waals surface area contributed by atoms with E-state index in [0.717, 1.165) is 17.5 Å². The van der Waals surface area contributed by atoms with Gasteiger partial charge in [-0.15, -0.1) is 11.8 Å². The highest BCUT2D eigenvalue weighted by Crippen LogP contribution is 2.41.